The van der Waals surface area contributed by atoms with E-state index in [2.05, 4.69) is 17.2 Å². The first-order valence-electron chi connectivity index (χ1n) is 11.3. The first-order valence-corrected chi connectivity index (χ1v) is 11.3. The zero-order valence-electron chi connectivity index (χ0n) is 19.2. The van der Waals surface area contributed by atoms with Gasteiger partial charge in [0.25, 0.3) is 0 Å². The van der Waals surface area contributed by atoms with Crippen molar-refractivity contribution in [3.05, 3.63) is 101 Å². The van der Waals surface area contributed by atoms with Gasteiger partial charge in [0.1, 0.15) is 11.7 Å². The lowest BCUT2D eigenvalue weighted by Gasteiger charge is -2.22. The number of amides is 1. The molecule has 0 radical (unpaired) electrons. The van der Waals surface area contributed by atoms with Crippen LogP contribution in [0.25, 0.3) is 0 Å². The standard InChI is InChI=1S/C28H20F7NO/c29-24-12-11-21(28(33,34)35)16-23(24)26(13-14-26)17-19(10-9-18-5-2-1-3-6-18)25(37)36-22-8-4-7-20(15-22)27(30,31)32/h1-8,11-12,15-16,19H,13-14,17H2,(H,36,37). The molecule has 0 saturated heterocycles. The molecule has 4 rings (SSSR count). The average Bonchev–Trinajstić information content (AvgIpc) is 3.62. The fourth-order valence-corrected chi connectivity index (χ4v) is 4.14. The minimum absolute atomic E-state index is 0.101. The number of anilines is 1. The lowest BCUT2D eigenvalue weighted by Crippen LogP contribution is -2.27. The Morgan fingerprint density at radius 3 is 2.14 bits per heavy atom. The summed E-state index contributed by atoms with van der Waals surface area (Å²) in [6.07, 6.45) is -8.72. The maximum atomic E-state index is 14.7. The van der Waals surface area contributed by atoms with Gasteiger partial charge in [0, 0.05) is 11.3 Å². The number of carbonyl (C=O) groups is 1. The number of rotatable bonds is 5. The summed E-state index contributed by atoms with van der Waals surface area (Å²) in [6.45, 7) is 0. The van der Waals surface area contributed by atoms with Crippen molar-refractivity contribution in [1.29, 1.82) is 0 Å². The lowest BCUT2D eigenvalue weighted by atomic mass is 9.84. The maximum absolute atomic E-state index is 14.7. The van der Waals surface area contributed by atoms with Crippen LogP contribution < -0.4 is 5.32 Å². The van der Waals surface area contributed by atoms with Crippen molar-refractivity contribution in [2.45, 2.75) is 37.0 Å². The molecule has 0 heterocycles. The average molecular weight is 519 g/mol. The van der Waals surface area contributed by atoms with Gasteiger partial charge in [-0.05, 0) is 78.8 Å². The van der Waals surface area contributed by atoms with E-state index in [0.717, 1.165) is 30.3 Å². The maximum Gasteiger partial charge on any atom is 0.416 e. The fraction of sp³-hybridized carbons (Fsp3) is 0.250. The molecule has 3 aromatic carbocycles. The second-order valence-corrected chi connectivity index (χ2v) is 8.93. The molecule has 1 aliphatic rings. The van der Waals surface area contributed by atoms with E-state index in [1.54, 1.807) is 30.3 Å². The van der Waals surface area contributed by atoms with E-state index < -0.39 is 46.5 Å². The number of alkyl halides is 6. The van der Waals surface area contributed by atoms with Crippen molar-refractivity contribution in [3.8, 4) is 11.8 Å². The number of hydrogen-bond donors (Lipinski definition) is 1. The topological polar surface area (TPSA) is 29.1 Å². The van der Waals surface area contributed by atoms with Crippen molar-refractivity contribution in [2.24, 2.45) is 5.92 Å². The monoisotopic (exact) mass is 519 g/mol. The SMILES string of the molecule is O=C(Nc1cccc(C(F)(F)F)c1)C(C#Cc1ccccc1)CC1(c2cc(C(F)(F)F)ccc2F)CC1. The Kier molecular flexibility index (Phi) is 7.05. The van der Waals surface area contributed by atoms with Gasteiger partial charge in [-0.3, -0.25) is 4.79 Å². The van der Waals surface area contributed by atoms with Crippen molar-refractivity contribution in [2.75, 3.05) is 5.32 Å². The van der Waals surface area contributed by atoms with Crippen molar-refractivity contribution in [1.82, 2.24) is 0 Å². The smallest absolute Gasteiger partial charge is 0.325 e. The van der Waals surface area contributed by atoms with Crippen LogP contribution in [0.1, 0.15) is 41.5 Å². The second-order valence-electron chi connectivity index (χ2n) is 8.93. The third kappa shape index (κ3) is 6.31. The van der Waals surface area contributed by atoms with Crippen LogP contribution in [0.2, 0.25) is 0 Å². The Balaban J connectivity index is 1.66. The molecule has 0 spiro atoms. The van der Waals surface area contributed by atoms with Crippen LogP contribution in [-0.4, -0.2) is 5.91 Å². The van der Waals surface area contributed by atoms with E-state index in [-0.39, 0.29) is 17.7 Å². The third-order valence-corrected chi connectivity index (χ3v) is 6.25. The lowest BCUT2D eigenvalue weighted by molar-refractivity contribution is -0.138. The highest BCUT2D eigenvalue weighted by Gasteiger charge is 2.49. The normalized spacial score (nSPS) is 15.3. The Hall–Kier alpha value is -3.80. The van der Waals surface area contributed by atoms with Gasteiger partial charge in [-0.25, -0.2) is 4.39 Å². The number of benzene rings is 3. The minimum Gasteiger partial charge on any atom is -0.325 e. The molecule has 2 nitrogen and oxygen atoms in total. The van der Waals surface area contributed by atoms with E-state index in [1.807, 2.05) is 0 Å². The molecule has 9 heteroatoms. The third-order valence-electron chi connectivity index (χ3n) is 6.25. The summed E-state index contributed by atoms with van der Waals surface area (Å²) < 4.78 is 93.8. The molecule has 1 fully saturated rings. The highest BCUT2D eigenvalue weighted by molar-refractivity contribution is 5.94. The van der Waals surface area contributed by atoms with E-state index >= 15 is 0 Å². The molecule has 0 aliphatic heterocycles. The van der Waals surface area contributed by atoms with Gasteiger partial charge < -0.3 is 5.32 Å². The fourth-order valence-electron chi connectivity index (χ4n) is 4.14. The first kappa shape index (κ1) is 26.3. The highest BCUT2D eigenvalue weighted by atomic mass is 19.4. The van der Waals surface area contributed by atoms with E-state index in [9.17, 15) is 35.5 Å². The van der Waals surface area contributed by atoms with Crippen LogP contribution in [-0.2, 0) is 22.6 Å². The summed E-state index contributed by atoms with van der Waals surface area (Å²) in [4.78, 5) is 13.2. The van der Waals surface area contributed by atoms with Crippen molar-refractivity contribution < 1.29 is 35.5 Å². The van der Waals surface area contributed by atoms with Crippen LogP contribution in [0.4, 0.5) is 36.4 Å². The van der Waals surface area contributed by atoms with Crippen molar-refractivity contribution in [3.63, 3.8) is 0 Å². The zero-order valence-corrected chi connectivity index (χ0v) is 19.2. The number of halogens is 7. The molecule has 1 atom stereocenters. The quantitative estimate of drug-likeness (QED) is 0.273. The largest absolute Gasteiger partial charge is 0.416 e. The van der Waals surface area contributed by atoms with Gasteiger partial charge in [-0.1, -0.05) is 36.1 Å². The summed E-state index contributed by atoms with van der Waals surface area (Å²) in [5, 5.41) is 2.43. The Morgan fingerprint density at radius 2 is 1.51 bits per heavy atom. The van der Waals surface area contributed by atoms with Gasteiger partial charge in [-0.15, -0.1) is 0 Å². The molecular formula is C28H20F7NO. The predicted molar refractivity (Wildman–Crippen MR) is 124 cm³/mol. The summed E-state index contributed by atoms with van der Waals surface area (Å²) in [7, 11) is 0. The van der Waals surface area contributed by atoms with Crippen molar-refractivity contribution >= 4 is 11.6 Å². The van der Waals surface area contributed by atoms with Gasteiger partial charge >= 0.3 is 12.4 Å². The minimum atomic E-state index is -4.67. The zero-order chi connectivity index (χ0) is 26.8. The van der Waals surface area contributed by atoms with Crippen LogP contribution in [0.5, 0.6) is 0 Å². The molecule has 1 N–H and O–H groups in total. The highest BCUT2D eigenvalue weighted by Crippen LogP contribution is 2.54. The number of nitrogens with one attached hydrogen (secondary N) is 1. The molecular weight excluding hydrogens is 499 g/mol. The molecule has 192 valence electrons. The summed E-state index contributed by atoms with van der Waals surface area (Å²) in [6, 6.07) is 14.8. The predicted octanol–water partition coefficient (Wildman–Crippen LogP) is 7.59. The molecule has 37 heavy (non-hydrogen) atoms. The van der Waals surface area contributed by atoms with Crippen LogP contribution in [0, 0.1) is 23.6 Å². The van der Waals surface area contributed by atoms with Crippen LogP contribution in [0.15, 0.2) is 72.8 Å². The van der Waals surface area contributed by atoms with E-state index in [1.165, 1.54) is 6.07 Å². The Bertz CT molecular complexity index is 1350. The summed E-state index contributed by atoms with van der Waals surface area (Å²) in [5.74, 6) is 2.95. The van der Waals surface area contributed by atoms with Gasteiger partial charge in [0.2, 0.25) is 5.91 Å². The van der Waals surface area contributed by atoms with Crippen LogP contribution in [0.3, 0.4) is 0 Å². The molecule has 0 aromatic heterocycles. The number of hydrogen-bond acceptors (Lipinski definition) is 1. The van der Waals surface area contributed by atoms with Gasteiger partial charge in [0.05, 0.1) is 11.1 Å². The molecule has 1 aliphatic carbocycles. The number of carbonyl (C=O) groups excluding carboxylic acids is 1. The molecule has 1 amide bonds. The molecule has 1 saturated carbocycles. The van der Waals surface area contributed by atoms with Gasteiger partial charge in [0.15, 0.2) is 0 Å². The van der Waals surface area contributed by atoms with E-state index in [4.69, 9.17) is 0 Å². The summed E-state index contributed by atoms with van der Waals surface area (Å²) in [5.41, 5.74) is -2.71. The summed E-state index contributed by atoms with van der Waals surface area (Å²) >= 11 is 0. The molecule has 3 aromatic rings. The molecule has 1 unspecified atom stereocenters. The Morgan fingerprint density at radius 1 is 0.865 bits per heavy atom. The van der Waals surface area contributed by atoms with Crippen LogP contribution >= 0.6 is 0 Å². The van der Waals surface area contributed by atoms with E-state index in [0.29, 0.717) is 24.5 Å². The van der Waals surface area contributed by atoms with Gasteiger partial charge in [-0.2, -0.15) is 26.3 Å². The first-order chi connectivity index (χ1) is 17.4. The second kappa shape index (κ2) is 9.92. The Labute approximate surface area is 208 Å². The molecule has 0 bridgehead atoms.